The van der Waals surface area contributed by atoms with E-state index in [-0.39, 0.29) is 19.4 Å². The van der Waals surface area contributed by atoms with Gasteiger partial charge in [-0.3, -0.25) is 14.1 Å². The number of unbranched alkanes of at least 4 members (excludes halogenated alkanes) is 9. The molecule has 0 spiro atoms. The Labute approximate surface area is 360 Å². The predicted octanol–water partition coefficient (Wildman–Crippen LogP) is 8.89. The van der Waals surface area contributed by atoms with Crippen LogP contribution in [-0.4, -0.2) is 96.0 Å². The third kappa shape index (κ3) is 30.8. The van der Waals surface area contributed by atoms with Crippen LogP contribution in [-0.2, 0) is 38.7 Å². The summed E-state index contributed by atoms with van der Waals surface area (Å²) >= 11 is 0. The highest BCUT2D eigenvalue weighted by Crippen LogP contribution is 2.24. The van der Waals surface area contributed by atoms with Gasteiger partial charge in [0.25, 0.3) is 10.1 Å². The lowest BCUT2D eigenvalue weighted by atomic mass is 10.00. The van der Waals surface area contributed by atoms with E-state index in [2.05, 4.69) is 80.7 Å². The molecule has 4 N–H and O–H groups in total. The highest BCUT2D eigenvalue weighted by molar-refractivity contribution is 7.85. The molecule has 1 saturated heterocycles. The Balaban J connectivity index is 2.54. The second kappa shape index (κ2) is 36.5. The van der Waals surface area contributed by atoms with Gasteiger partial charge < -0.3 is 34.3 Å². The molecule has 6 atom stereocenters. The summed E-state index contributed by atoms with van der Waals surface area (Å²) in [6.45, 7) is 3.54. The van der Waals surface area contributed by atoms with Gasteiger partial charge in [0.2, 0.25) is 0 Å². The second-order valence-corrected chi connectivity index (χ2v) is 16.5. The van der Waals surface area contributed by atoms with Crippen LogP contribution in [0.4, 0.5) is 0 Å². The zero-order chi connectivity index (χ0) is 44.1. The van der Waals surface area contributed by atoms with E-state index in [1.54, 1.807) is 0 Å². The molecule has 13 heteroatoms. The fraction of sp³-hybridized carbons (Fsp3) is 0.660. The van der Waals surface area contributed by atoms with Crippen molar-refractivity contribution in [2.75, 3.05) is 19.0 Å². The van der Waals surface area contributed by atoms with Gasteiger partial charge in [0, 0.05) is 12.8 Å². The van der Waals surface area contributed by atoms with Gasteiger partial charge in [0.15, 0.2) is 12.4 Å². The van der Waals surface area contributed by atoms with E-state index in [0.29, 0.717) is 19.3 Å². The summed E-state index contributed by atoms with van der Waals surface area (Å²) < 4.78 is 53.9. The third-order valence-corrected chi connectivity index (χ3v) is 10.2. The van der Waals surface area contributed by atoms with Crippen LogP contribution in [0.25, 0.3) is 0 Å². The maximum atomic E-state index is 12.8. The van der Waals surface area contributed by atoms with Crippen LogP contribution < -0.4 is 0 Å². The molecule has 342 valence electrons. The number of aliphatic hydroxyl groups excluding tert-OH is 3. The lowest BCUT2D eigenvalue weighted by molar-refractivity contribution is -0.297. The molecule has 1 heterocycles. The zero-order valence-electron chi connectivity index (χ0n) is 36.3. The highest BCUT2D eigenvalue weighted by Gasteiger charge is 2.46. The summed E-state index contributed by atoms with van der Waals surface area (Å²) in [7, 11) is -4.62. The van der Waals surface area contributed by atoms with Crippen LogP contribution in [0.1, 0.15) is 142 Å². The van der Waals surface area contributed by atoms with Gasteiger partial charge in [-0.1, -0.05) is 137 Å². The van der Waals surface area contributed by atoms with E-state index < -0.39 is 71.2 Å². The van der Waals surface area contributed by atoms with Gasteiger partial charge in [-0.2, -0.15) is 8.42 Å². The number of esters is 2. The first kappa shape index (κ1) is 54.8. The average molecular weight is 865 g/mol. The van der Waals surface area contributed by atoms with Crippen molar-refractivity contribution in [3.63, 3.8) is 0 Å². The molecule has 0 aromatic carbocycles. The average Bonchev–Trinajstić information content (AvgIpc) is 3.21. The van der Waals surface area contributed by atoms with Crippen molar-refractivity contribution < 1.29 is 56.8 Å². The van der Waals surface area contributed by atoms with Crippen molar-refractivity contribution in [3.05, 3.63) is 85.1 Å². The van der Waals surface area contributed by atoms with Gasteiger partial charge in [-0.25, -0.2) is 0 Å². The molecule has 0 radical (unpaired) electrons. The summed E-state index contributed by atoms with van der Waals surface area (Å²) in [6.07, 6.45) is 37.9. The normalized spacial score (nSPS) is 20.9. The van der Waals surface area contributed by atoms with Gasteiger partial charge >= 0.3 is 11.9 Å². The summed E-state index contributed by atoms with van der Waals surface area (Å²) in [5, 5.41) is 30.8. The minimum Gasteiger partial charge on any atom is -0.462 e. The summed E-state index contributed by atoms with van der Waals surface area (Å²) in [6, 6.07) is 0. The molecule has 0 amide bonds. The monoisotopic (exact) mass is 865 g/mol. The molecular formula is C47H76O12S. The Kier molecular flexibility index (Phi) is 33.3. The molecule has 1 fully saturated rings. The smallest absolute Gasteiger partial charge is 0.306 e. The Bertz CT molecular complexity index is 1430. The van der Waals surface area contributed by atoms with E-state index in [1.807, 2.05) is 18.2 Å². The van der Waals surface area contributed by atoms with Crippen LogP contribution >= 0.6 is 0 Å². The number of ether oxygens (including phenoxy) is 4. The first-order chi connectivity index (χ1) is 29.0. The van der Waals surface area contributed by atoms with Crippen molar-refractivity contribution in [2.45, 2.75) is 179 Å². The van der Waals surface area contributed by atoms with Crippen LogP contribution in [0.5, 0.6) is 0 Å². The minimum atomic E-state index is -4.62. The Hall–Kier alpha value is -3.17. The zero-order valence-corrected chi connectivity index (χ0v) is 37.1. The molecule has 0 aliphatic carbocycles. The van der Waals surface area contributed by atoms with E-state index in [0.717, 1.165) is 57.8 Å². The van der Waals surface area contributed by atoms with Gasteiger partial charge in [0.1, 0.15) is 36.8 Å². The van der Waals surface area contributed by atoms with Crippen molar-refractivity contribution >= 4 is 22.1 Å². The fourth-order valence-corrected chi connectivity index (χ4v) is 6.74. The molecule has 60 heavy (non-hydrogen) atoms. The van der Waals surface area contributed by atoms with E-state index >= 15 is 0 Å². The first-order valence-corrected chi connectivity index (χ1v) is 23.8. The quantitative estimate of drug-likeness (QED) is 0.0206. The number of allylic oxidation sites excluding steroid dienone is 14. The molecule has 2 unspecified atom stereocenters. The van der Waals surface area contributed by atoms with Crippen LogP contribution in [0.3, 0.4) is 0 Å². The van der Waals surface area contributed by atoms with E-state index in [4.69, 9.17) is 18.9 Å². The SMILES string of the molecule is CC/C=C/C/C=C/C/C=C/C/C=C/C/C=C/C/C=C/CCC(=O)O[C@H](COC(=O)CCCCC/C=C/CCCCCCCC)CO[C@H]1O[C@H](CS(=O)(=O)O)[C@@H](O)C(O)C1O. The van der Waals surface area contributed by atoms with Crippen LogP contribution in [0.2, 0.25) is 0 Å². The maximum Gasteiger partial charge on any atom is 0.306 e. The van der Waals surface area contributed by atoms with E-state index in [1.165, 1.54) is 38.5 Å². The third-order valence-electron chi connectivity index (χ3n) is 9.47. The lowest BCUT2D eigenvalue weighted by Gasteiger charge is -2.40. The number of hydrogen-bond donors (Lipinski definition) is 4. The largest absolute Gasteiger partial charge is 0.462 e. The highest BCUT2D eigenvalue weighted by atomic mass is 32.2. The van der Waals surface area contributed by atoms with E-state index in [9.17, 15) is 37.9 Å². The molecule has 12 nitrogen and oxygen atoms in total. The number of carbonyl (C=O) groups is 2. The number of rotatable bonds is 35. The van der Waals surface area contributed by atoms with Gasteiger partial charge in [-0.15, -0.1) is 0 Å². The topological polar surface area (TPSA) is 186 Å². The molecule has 0 bridgehead atoms. The van der Waals surface area contributed by atoms with Crippen molar-refractivity contribution in [2.24, 2.45) is 0 Å². The lowest BCUT2D eigenvalue weighted by Crippen LogP contribution is -2.60. The Morgan fingerprint density at radius 1 is 0.583 bits per heavy atom. The van der Waals surface area contributed by atoms with Gasteiger partial charge in [0.05, 0.1) is 6.61 Å². The number of aliphatic hydroxyl groups is 3. The number of carbonyl (C=O) groups excluding carboxylic acids is 2. The van der Waals surface area contributed by atoms with Crippen LogP contribution in [0, 0.1) is 0 Å². The Morgan fingerprint density at radius 2 is 1.08 bits per heavy atom. The molecular weight excluding hydrogens is 789 g/mol. The molecule has 0 saturated carbocycles. The predicted molar refractivity (Wildman–Crippen MR) is 238 cm³/mol. The minimum absolute atomic E-state index is 0.0317. The number of hydrogen-bond acceptors (Lipinski definition) is 11. The fourth-order valence-electron chi connectivity index (χ4n) is 6.05. The van der Waals surface area contributed by atoms with Crippen molar-refractivity contribution in [1.82, 2.24) is 0 Å². The molecule has 1 rings (SSSR count). The molecule has 1 aliphatic rings. The Morgan fingerprint density at radius 3 is 1.63 bits per heavy atom. The van der Waals surface area contributed by atoms with Crippen molar-refractivity contribution in [3.8, 4) is 0 Å². The molecule has 0 aromatic rings. The summed E-state index contributed by atoms with van der Waals surface area (Å²) in [4.78, 5) is 25.3. The van der Waals surface area contributed by atoms with Crippen LogP contribution in [0.15, 0.2) is 85.1 Å². The summed E-state index contributed by atoms with van der Waals surface area (Å²) in [5.74, 6) is -2.13. The molecule has 1 aliphatic heterocycles. The molecule has 0 aromatic heterocycles. The maximum absolute atomic E-state index is 12.8. The van der Waals surface area contributed by atoms with Gasteiger partial charge in [-0.05, 0) is 77.0 Å². The second-order valence-electron chi connectivity index (χ2n) is 15.0. The standard InChI is InChI=1S/C47H76O12S/c1-3-5-7-9-11-13-15-17-18-19-20-21-22-24-26-28-30-32-34-36-43(49)58-40(38-57-47-46(52)45(51)44(50)41(59-47)39-60(53,54)55)37-56-42(48)35-33-31-29-27-25-23-16-14-12-10-8-6-4-2/h5,7,11,13,17-18,20-21,23-26,30,32,40-41,44-47,50-52H,3-4,6,8-10,12,14-16,19,22,27-29,31,33-39H2,1-2H3,(H,53,54,55)/b7-5+,13-11+,18-17+,21-20+,25-23+,26-24+,32-30+/t40-,41-,44-,45?,46?,47+/m1/s1. The van der Waals surface area contributed by atoms with Crippen molar-refractivity contribution in [1.29, 1.82) is 0 Å². The first-order valence-electron chi connectivity index (χ1n) is 22.1. The summed E-state index contributed by atoms with van der Waals surface area (Å²) in [5.41, 5.74) is 0.